The van der Waals surface area contributed by atoms with E-state index >= 15 is 0 Å². The number of hydrogen-bond acceptors (Lipinski definition) is 4. The lowest BCUT2D eigenvalue weighted by molar-refractivity contribution is -0.126. The van der Waals surface area contributed by atoms with E-state index in [4.69, 9.17) is 9.47 Å². The number of rotatable bonds is 4. The van der Waals surface area contributed by atoms with E-state index in [2.05, 4.69) is 15.6 Å². The molecule has 4 rings (SSSR count). The minimum atomic E-state index is -0.109. The lowest BCUT2D eigenvalue weighted by atomic mass is 9.54. The Morgan fingerprint density at radius 1 is 1.46 bits per heavy atom. The number of urea groups is 1. The summed E-state index contributed by atoms with van der Waals surface area (Å²) in [5.74, 6) is 1.04. The van der Waals surface area contributed by atoms with Gasteiger partial charge in [-0.2, -0.15) is 0 Å². The number of nitrogens with zero attached hydrogens (tertiary/aromatic N) is 1. The molecule has 2 aliphatic carbocycles. The molecule has 3 atom stereocenters. The molecular weight excluding hydrogens is 306 g/mol. The van der Waals surface area contributed by atoms with Crippen LogP contribution in [-0.2, 0) is 11.3 Å². The summed E-state index contributed by atoms with van der Waals surface area (Å²) < 4.78 is 11.2. The largest absolute Gasteiger partial charge is 0.481 e. The third-order valence-electron chi connectivity index (χ3n) is 6.06. The maximum absolute atomic E-state index is 12.4. The molecule has 24 heavy (non-hydrogen) atoms. The maximum atomic E-state index is 12.4. The van der Waals surface area contributed by atoms with Crippen molar-refractivity contribution in [1.82, 2.24) is 15.6 Å². The third-order valence-corrected chi connectivity index (χ3v) is 6.06. The Bertz CT molecular complexity index is 615. The highest BCUT2D eigenvalue weighted by atomic mass is 16.5. The van der Waals surface area contributed by atoms with E-state index in [1.807, 2.05) is 12.1 Å². The molecule has 1 aromatic rings. The van der Waals surface area contributed by atoms with Crippen LogP contribution < -0.4 is 15.4 Å². The van der Waals surface area contributed by atoms with E-state index in [0.717, 1.165) is 18.6 Å². The molecule has 0 aromatic carbocycles. The molecule has 3 aliphatic rings. The fraction of sp³-hybridized carbons (Fsp3) is 0.667. The van der Waals surface area contributed by atoms with E-state index in [0.29, 0.717) is 24.4 Å². The molecule has 2 N–H and O–H groups in total. The molecule has 0 unspecified atom stereocenters. The summed E-state index contributed by atoms with van der Waals surface area (Å²) in [5, 5.41) is 6.19. The molecule has 1 aliphatic heterocycles. The van der Waals surface area contributed by atoms with Gasteiger partial charge in [0, 0.05) is 42.3 Å². The zero-order chi connectivity index (χ0) is 16.6. The highest BCUT2D eigenvalue weighted by molar-refractivity contribution is 5.74. The lowest BCUT2D eigenvalue weighted by Gasteiger charge is -2.56. The molecule has 1 spiro atoms. The van der Waals surface area contributed by atoms with Crippen molar-refractivity contribution in [1.29, 1.82) is 0 Å². The smallest absolute Gasteiger partial charge is 0.315 e. The van der Waals surface area contributed by atoms with Crippen molar-refractivity contribution in [3.63, 3.8) is 0 Å². The van der Waals surface area contributed by atoms with E-state index in [1.54, 1.807) is 13.3 Å². The summed E-state index contributed by atoms with van der Waals surface area (Å²) >= 11 is 0. The summed E-state index contributed by atoms with van der Waals surface area (Å²) in [5.41, 5.74) is 1.06. The molecule has 1 saturated heterocycles. The van der Waals surface area contributed by atoms with Gasteiger partial charge in [-0.25, -0.2) is 9.78 Å². The van der Waals surface area contributed by atoms with Gasteiger partial charge < -0.3 is 20.1 Å². The van der Waals surface area contributed by atoms with Gasteiger partial charge in [0.15, 0.2) is 0 Å². The summed E-state index contributed by atoms with van der Waals surface area (Å²) in [4.78, 5) is 16.6. The molecule has 6 heteroatoms. The molecule has 2 amide bonds. The van der Waals surface area contributed by atoms with Gasteiger partial charge in [-0.05, 0) is 25.3 Å². The van der Waals surface area contributed by atoms with E-state index < -0.39 is 0 Å². The highest BCUT2D eigenvalue weighted by Gasteiger charge is 2.65. The molecule has 0 radical (unpaired) electrons. The second-order valence-corrected chi connectivity index (χ2v) is 7.16. The predicted octanol–water partition coefficient (Wildman–Crippen LogP) is 2.24. The summed E-state index contributed by atoms with van der Waals surface area (Å²) in [6.07, 6.45) is 7.96. The Hall–Kier alpha value is -1.82. The van der Waals surface area contributed by atoms with Crippen LogP contribution in [0.5, 0.6) is 5.88 Å². The Morgan fingerprint density at radius 2 is 2.29 bits per heavy atom. The first kappa shape index (κ1) is 15.7. The van der Waals surface area contributed by atoms with Crippen molar-refractivity contribution < 1.29 is 14.3 Å². The molecular formula is C18H25N3O3. The zero-order valence-electron chi connectivity index (χ0n) is 14.1. The van der Waals surface area contributed by atoms with E-state index in [-0.39, 0.29) is 17.5 Å². The fourth-order valence-corrected chi connectivity index (χ4v) is 5.01. The Balaban J connectivity index is 1.37. The van der Waals surface area contributed by atoms with Gasteiger partial charge >= 0.3 is 6.03 Å². The summed E-state index contributed by atoms with van der Waals surface area (Å²) in [6.45, 7) is 1.25. The molecule has 3 fully saturated rings. The molecule has 130 valence electrons. The van der Waals surface area contributed by atoms with Gasteiger partial charge in [-0.1, -0.05) is 18.9 Å². The highest BCUT2D eigenvalue weighted by Crippen LogP contribution is 2.60. The number of carbonyl (C=O) groups excluding carboxylic acids is 1. The van der Waals surface area contributed by atoms with Crippen molar-refractivity contribution in [3.05, 3.63) is 23.9 Å². The van der Waals surface area contributed by atoms with E-state index in [9.17, 15) is 4.79 Å². The van der Waals surface area contributed by atoms with Crippen LogP contribution >= 0.6 is 0 Å². The predicted molar refractivity (Wildman–Crippen MR) is 88.7 cm³/mol. The first-order chi connectivity index (χ1) is 11.7. The van der Waals surface area contributed by atoms with Gasteiger partial charge in [0.25, 0.3) is 0 Å². The quantitative estimate of drug-likeness (QED) is 0.887. The number of carbonyl (C=O) groups is 1. The normalized spacial score (nSPS) is 29.8. The van der Waals surface area contributed by atoms with Crippen LogP contribution in [0.4, 0.5) is 4.79 Å². The SMILES string of the molecule is COc1ncccc1CNC(=O)N[C@@H]1[C@@H]2CCO[C@@H]2C12CCCC2. The van der Waals surface area contributed by atoms with Gasteiger partial charge in [0.1, 0.15) is 0 Å². The molecule has 2 heterocycles. The number of fused-ring (bicyclic) bond motifs is 2. The summed E-state index contributed by atoms with van der Waals surface area (Å²) in [6, 6.07) is 3.90. The van der Waals surface area contributed by atoms with Crippen molar-refractivity contribution in [2.24, 2.45) is 11.3 Å². The Kier molecular flexibility index (Phi) is 4.08. The van der Waals surface area contributed by atoms with Gasteiger partial charge in [0.05, 0.1) is 13.2 Å². The van der Waals surface area contributed by atoms with Crippen molar-refractivity contribution >= 4 is 6.03 Å². The van der Waals surface area contributed by atoms with Crippen LogP contribution in [0.25, 0.3) is 0 Å². The van der Waals surface area contributed by atoms with Crippen LogP contribution in [0, 0.1) is 11.3 Å². The van der Waals surface area contributed by atoms with Crippen LogP contribution in [0.3, 0.4) is 0 Å². The second-order valence-electron chi connectivity index (χ2n) is 7.16. The maximum Gasteiger partial charge on any atom is 0.315 e. The molecule has 2 saturated carbocycles. The number of methoxy groups -OCH3 is 1. The Labute approximate surface area is 142 Å². The molecule has 0 bridgehead atoms. The number of aromatic nitrogens is 1. The van der Waals surface area contributed by atoms with Crippen molar-refractivity contribution in [2.75, 3.05) is 13.7 Å². The van der Waals surface area contributed by atoms with Crippen molar-refractivity contribution in [3.8, 4) is 5.88 Å². The average molecular weight is 331 g/mol. The zero-order valence-corrected chi connectivity index (χ0v) is 14.1. The minimum absolute atomic E-state index is 0.109. The van der Waals surface area contributed by atoms with Gasteiger partial charge in [-0.15, -0.1) is 0 Å². The first-order valence-corrected chi connectivity index (χ1v) is 8.88. The van der Waals surface area contributed by atoms with Crippen molar-refractivity contribution in [2.45, 2.75) is 50.8 Å². The summed E-state index contributed by atoms with van der Waals surface area (Å²) in [7, 11) is 1.59. The average Bonchev–Trinajstić information content (AvgIpc) is 3.26. The van der Waals surface area contributed by atoms with Crippen LogP contribution in [0.2, 0.25) is 0 Å². The van der Waals surface area contributed by atoms with Crippen LogP contribution in [0.1, 0.15) is 37.7 Å². The molecule has 1 aromatic heterocycles. The van der Waals surface area contributed by atoms with E-state index in [1.165, 1.54) is 25.7 Å². The number of pyridine rings is 1. The van der Waals surface area contributed by atoms with Gasteiger partial charge in [0.2, 0.25) is 5.88 Å². The van der Waals surface area contributed by atoms with Crippen LogP contribution in [0.15, 0.2) is 18.3 Å². The number of nitrogens with one attached hydrogen (secondary N) is 2. The fourth-order valence-electron chi connectivity index (χ4n) is 5.01. The number of ether oxygens (including phenoxy) is 2. The third kappa shape index (κ3) is 2.44. The minimum Gasteiger partial charge on any atom is -0.481 e. The number of amides is 2. The van der Waals surface area contributed by atoms with Crippen LogP contribution in [-0.4, -0.2) is 36.9 Å². The first-order valence-electron chi connectivity index (χ1n) is 8.88. The Morgan fingerprint density at radius 3 is 3.08 bits per heavy atom. The van der Waals surface area contributed by atoms with Gasteiger partial charge in [-0.3, -0.25) is 0 Å². The standard InChI is InChI=1S/C18H25N3O3/c1-23-16-12(5-4-9-19-16)11-20-17(22)21-14-13-6-10-24-15(13)18(14)7-2-3-8-18/h4-5,9,13-15H,2-3,6-8,10-11H2,1H3,(H2,20,21,22)/t13-,14+,15-/m0/s1. The second kappa shape index (κ2) is 6.24. The lowest BCUT2D eigenvalue weighted by Crippen LogP contribution is -2.69. The number of hydrogen-bond donors (Lipinski definition) is 2. The monoisotopic (exact) mass is 331 g/mol. The topological polar surface area (TPSA) is 72.5 Å². The molecule has 6 nitrogen and oxygen atoms in total.